The lowest BCUT2D eigenvalue weighted by atomic mass is 10.0. The van der Waals surface area contributed by atoms with Crippen molar-refractivity contribution < 1.29 is 24.5 Å². The van der Waals surface area contributed by atoms with Crippen molar-refractivity contribution in [2.45, 2.75) is 0 Å². The molecule has 0 aliphatic rings. The van der Waals surface area contributed by atoms with E-state index in [0.717, 1.165) is 11.1 Å². The summed E-state index contributed by atoms with van der Waals surface area (Å²) in [5.41, 5.74) is 1.70. The van der Waals surface area contributed by atoms with Gasteiger partial charge in [-0.15, -0.1) is 0 Å². The van der Waals surface area contributed by atoms with E-state index in [1.807, 2.05) is 42.5 Å². The molecule has 0 spiro atoms. The zero-order valence-electron chi connectivity index (χ0n) is 11.1. The Bertz CT molecular complexity index is 622. The average molecular weight is 286 g/mol. The Morgan fingerprint density at radius 2 is 1.48 bits per heavy atom. The summed E-state index contributed by atoms with van der Waals surface area (Å²) in [5.74, 6) is -3.97. The number of benzene rings is 2. The van der Waals surface area contributed by atoms with Crippen LogP contribution >= 0.6 is 0 Å². The van der Waals surface area contributed by atoms with Gasteiger partial charge in [0.2, 0.25) is 0 Å². The van der Waals surface area contributed by atoms with Crippen LogP contribution in [-0.4, -0.2) is 28.8 Å². The summed E-state index contributed by atoms with van der Waals surface area (Å²) in [6.07, 6.45) is 0. The minimum absolute atomic E-state index is 0.422. The highest BCUT2D eigenvalue weighted by Gasteiger charge is 2.26. The zero-order chi connectivity index (χ0) is 15.2. The molecule has 0 aromatic heterocycles. The summed E-state index contributed by atoms with van der Waals surface area (Å²) in [6, 6.07) is 16.5. The molecule has 2 N–H and O–H groups in total. The molecule has 0 atom stereocenters. The molecule has 0 saturated heterocycles. The SMILES string of the molecule is O=C(O)C(COc1ccccc1-c1ccccc1)C(=O)O. The maximum atomic E-state index is 10.9. The van der Waals surface area contributed by atoms with Crippen molar-refractivity contribution in [1.82, 2.24) is 0 Å². The van der Waals surface area contributed by atoms with Crippen molar-refractivity contribution in [3.8, 4) is 16.9 Å². The molecule has 0 fully saturated rings. The smallest absolute Gasteiger partial charge is 0.321 e. The van der Waals surface area contributed by atoms with Crippen molar-refractivity contribution in [2.24, 2.45) is 5.92 Å². The molecular weight excluding hydrogens is 272 g/mol. The number of hydrogen-bond acceptors (Lipinski definition) is 3. The van der Waals surface area contributed by atoms with Gasteiger partial charge in [-0.2, -0.15) is 0 Å². The van der Waals surface area contributed by atoms with Gasteiger partial charge in [0.25, 0.3) is 0 Å². The number of para-hydroxylation sites is 1. The first kappa shape index (κ1) is 14.6. The number of aliphatic carboxylic acids is 2. The quantitative estimate of drug-likeness (QED) is 0.797. The zero-order valence-corrected chi connectivity index (χ0v) is 11.1. The molecule has 2 rings (SSSR count). The summed E-state index contributed by atoms with van der Waals surface area (Å²) < 4.78 is 5.41. The summed E-state index contributed by atoms with van der Waals surface area (Å²) in [7, 11) is 0. The van der Waals surface area contributed by atoms with E-state index in [4.69, 9.17) is 14.9 Å². The highest BCUT2D eigenvalue weighted by atomic mass is 16.5. The minimum atomic E-state index is -1.59. The summed E-state index contributed by atoms with van der Waals surface area (Å²) in [5, 5.41) is 17.7. The second-order valence-electron chi connectivity index (χ2n) is 4.40. The van der Waals surface area contributed by atoms with Crippen molar-refractivity contribution >= 4 is 11.9 Å². The van der Waals surface area contributed by atoms with Gasteiger partial charge in [0.15, 0.2) is 5.92 Å². The third-order valence-corrected chi connectivity index (χ3v) is 2.97. The predicted molar refractivity (Wildman–Crippen MR) is 76.1 cm³/mol. The molecule has 0 unspecified atom stereocenters. The van der Waals surface area contributed by atoms with E-state index < -0.39 is 24.5 Å². The van der Waals surface area contributed by atoms with E-state index in [2.05, 4.69) is 0 Å². The predicted octanol–water partition coefficient (Wildman–Crippen LogP) is 2.52. The monoisotopic (exact) mass is 286 g/mol. The van der Waals surface area contributed by atoms with Crippen LogP contribution in [-0.2, 0) is 9.59 Å². The maximum absolute atomic E-state index is 10.9. The fourth-order valence-electron chi connectivity index (χ4n) is 1.87. The molecule has 0 radical (unpaired) electrons. The van der Waals surface area contributed by atoms with Crippen molar-refractivity contribution in [3.05, 3.63) is 54.6 Å². The van der Waals surface area contributed by atoms with Crippen LogP contribution < -0.4 is 4.74 Å². The molecule has 2 aromatic carbocycles. The molecule has 0 heterocycles. The average Bonchev–Trinajstić information content (AvgIpc) is 2.48. The van der Waals surface area contributed by atoms with E-state index in [1.165, 1.54) is 0 Å². The fraction of sp³-hybridized carbons (Fsp3) is 0.125. The van der Waals surface area contributed by atoms with Gasteiger partial charge in [-0.1, -0.05) is 48.5 Å². The van der Waals surface area contributed by atoms with Crippen LogP contribution in [0.1, 0.15) is 0 Å². The number of carboxylic acids is 2. The number of hydrogen-bond donors (Lipinski definition) is 2. The molecule has 21 heavy (non-hydrogen) atoms. The van der Waals surface area contributed by atoms with Gasteiger partial charge in [-0.25, -0.2) is 0 Å². The van der Waals surface area contributed by atoms with Crippen molar-refractivity contribution in [1.29, 1.82) is 0 Å². The second kappa shape index (κ2) is 6.56. The Morgan fingerprint density at radius 3 is 2.10 bits per heavy atom. The third kappa shape index (κ3) is 3.60. The largest absolute Gasteiger partial charge is 0.491 e. The Labute approximate surface area is 121 Å². The van der Waals surface area contributed by atoms with Crippen molar-refractivity contribution in [2.75, 3.05) is 6.61 Å². The van der Waals surface area contributed by atoms with E-state index in [-0.39, 0.29) is 0 Å². The molecular formula is C16H14O5. The Balaban J connectivity index is 2.22. The Morgan fingerprint density at radius 1 is 0.905 bits per heavy atom. The first-order valence-corrected chi connectivity index (χ1v) is 6.32. The fourth-order valence-corrected chi connectivity index (χ4v) is 1.87. The first-order valence-electron chi connectivity index (χ1n) is 6.32. The van der Waals surface area contributed by atoms with Gasteiger partial charge in [-0.05, 0) is 11.6 Å². The summed E-state index contributed by atoms with van der Waals surface area (Å²) in [4.78, 5) is 21.7. The number of carboxylic acid groups (broad SMARTS) is 2. The molecule has 2 aromatic rings. The van der Waals surface area contributed by atoms with Crippen molar-refractivity contribution in [3.63, 3.8) is 0 Å². The molecule has 0 aliphatic heterocycles. The van der Waals surface area contributed by atoms with E-state index in [0.29, 0.717) is 5.75 Å². The number of ether oxygens (including phenoxy) is 1. The highest BCUT2D eigenvalue weighted by Crippen LogP contribution is 2.29. The van der Waals surface area contributed by atoms with Gasteiger partial charge >= 0.3 is 11.9 Å². The minimum Gasteiger partial charge on any atom is -0.491 e. The lowest BCUT2D eigenvalue weighted by Crippen LogP contribution is -2.29. The Hall–Kier alpha value is -2.82. The summed E-state index contributed by atoms with van der Waals surface area (Å²) >= 11 is 0. The van der Waals surface area contributed by atoms with Crippen LogP contribution in [0.15, 0.2) is 54.6 Å². The lowest BCUT2D eigenvalue weighted by molar-refractivity contribution is -0.155. The molecule has 5 heteroatoms. The van der Waals surface area contributed by atoms with Gasteiger partial charge in [0, 0.05) is 5.56 Å². The van der Waals surface area contributed by atoms with Crippen LogP contribution in [0.4, 0.5) is 0 Å². The van der Waals surface area contributed by atoms with Gasteiger partial charge in [-0.3, -0.25) is 9.59 Å². The lowest BCUT2D eigenvalue weighted by Gasteiger charge is -2.13. The number of rotatable bonds is 6. The standard InChI is InChI=1S/C16H14O5/c17-15(18)13(16(19)20)10-21-14-9-5-4-8-12(14)11-6-2-1-3-7-11/h1-9,13H,10H2,(H,17,18)(H,19,20). The third-order valence-electron chi connectivity index (χ3n) is 2.97. The molecule has 5 nitrogen and oxygen atoms in total. The van der Waals surface area contributed by atoms with Crippen LogP contribution in [0, 0.1) is 5.92 Å². The first-order chi connectivity index (χ1) is 10.1. The maximum Gasteiger partial charge on any atom is 0.321 e. The van der Waals surface area contributed by atoms with E-state index >= 15 is 0 Å². The number of carbonyl (C=O) groups is 2. The topological polar surface area (TPSA) is 83.8 Å². The summed E-state index contributed by atoms with van der Waals surface area (Å²) in [6.45, 7) is -0.422. The van der Waals surface area contributed by atoms with E-state index in [9.17, 15) is 9.59 Å². The molecule has 0 aliphatic carbocycles. The van der Waals surface area contributed by atoms with Gasteiger partial charge < -0.3 is 14.9 Å². The molecule has 0 saturated carbocycles. The van der Waals surface area contributed by atoms with Crippen LogP contribution in [0.5, 0.6) is 5.75 Å². The van der Waals surface area contributed by atoms with E-state index in [1.54, 1.807) is 12.1 Å². The normalized spacial score (nSPS) is 10.3. The van der Waals surface area contributed by atoms with Gasteiger partial charge in [0.1, 0.15) is 12.4 Å². The van der Waals surface area contributed by atoms with Gasteiger partial charge in [0.05, 0.1) is 0 Å². The Kier molecular flexibility index (Phi) is 4.56. The van der Waals surface area contributed by atoms with Crippen LogP contribution in [0.2, 0.25) is 0 Å². The second-order valence-corrected chi connectivity index (χ2v) is 4.40. The van der Waals surface area contributed by atoms with Crippen LogP contribution in [0.25, 0.3) is 11.1 Å². The highest BCUT2D eigenvalue weighted by molar-refractivity contribution is 5.93. The molecule has 0 amide bonds. The molecule has 108 valence electrons. The van der Waals surface area contributed by atoms with Crippen LogP contribution in [0.3, 0.4) is 0 Å². The molecule has 0 bridgehead atoms.